The Bertz CT molecular complexity index is 734. The minimum Gasteiger partial charge on any atom is -0.222 e. The van der Waals surface area contributed by atoms with Crippen LogP contribution in [0.15, 0.2) is 54.7 Å². The molecule has 20 heavy (non-hydrogen) atoms. The third-order valence-electron chi connectivity index (χ3n) is 2.87. The fourth-order valence-corrected chi connectivity index (χ4v) is 2.14. The minimum absolute atomic E-state index is 1.27. The molecule has 1 aromatic heterocycles. The Morgan fingerprint density at radius 1 is 0.800 bits per heavy atom. The summed E-state index contributed by atoms with van der Waals surface area (Å²) >= 11 is 0. The lowest BCUT2D eigenvalue weighted by Gasteiger charge is -2.17. The molecule has 0 aliphatic carbocycles. The lowest BCUT2D eigenvalue weighted by molar-refractivity contribution is -2.00. The van der Waals surface area contributed by atoms with E-state index in [0.717, 1.165) is 0 Å². The van der Waals surface area contributed by atoms with Crippen LogP contribution in [0.1, 0.15) is 0 Å². The highest BCUT2D eigenvalue weighted by Crippen LogP contribution is 2.21. The van der Waals surface area contributed by atoms with Crippen LogP contribution in [0.4, 0.5) is 0 Å². The lowest BCUT2D eigenvalue weighted by Crippen LogP contribution is -2.68. The Labute approximate surface area is 117 Å². The first-order chi connectivity index (χ1) is 9.36. The third-order valence-corrected chi connectivity index (χ3v) is 2.87. The van der Waals surface area contributed by atoms with Gasteiger partial charge in [-0.25, -0.2) is 23.2 Å². The molecule has 1 heterocycles. The molecular formula is C14H12ClNO4. The molecule has 0 spiro atoms. The molecule has 0 atom stereocenters. The molecule has 3 aromatic rings. The summed E-state index contributed by atoms with van der Waals surface area (Å²) < 4.78 is 36.2. The van der Waals surface area contributed by atoms with E-state index in [1.165, 1.54) is 21.7 Å². The average Bonchev–Trinajstić information content (AvgIpc) is 2.37. The van der Waals surface area contributed by atoms with Crippen LogP contribution in [0.5, 0.6) is 0 Å². The van der Waals surface area contributed by atoms with E-state index in [1.54, 1.807) is 0 Å². The smallest absolute Gasteiger partial charge is 0.212 e. The van der Waals surface area contributed by atoms with Crippen LogP contribution in [-0.2, 0) is 7.05 Å². The number of hydrogen-bond acceptors (Lipinski definition) is 4. The van der Waals surface area contributed by atoms with E-state index in [1.807, 2.05) is 0 Å². The molecule has 0 aliphatic heterocycles. The highest BCUT2D eigenvalue weighted by atomic mass is 35.7. The summed E-state index contributed by atoms with van der Waals surface area (Å²) in [6.45, 7) is 0. The molecule has 0 saturated heterocycles. The zero-order valence-corrected chi connectivity index (χ0v) is 11.4. The maximum Gasteiger partial charge on any atom is 0.212 e. The van der Waals surface area contributed by atoms with Crippen molar-refractivity contribution in [2.45, 2.75) is 0 Å². The van der Waals surface area contributed by atoms with Crippen molar-refractivity contribution in [3.63, 3.8) is 0 Å². The van der Waals surface area contributed by atoms with E-state index in [-0.39, 0.29) is 0 Å². The van der Waals surface area contributed by atoms with E-state index >= 15 is 0 Å². The average molecular weight is 294 g/mol. The second-order valence-corrected chi connectivity index (χ2v) is 4.98. The molecule has 0 radical (unpaired) electrons. The van der Waals surface area contributed by atoms with Gasteiger partial charge in [-0.1, -0.05) is 30.3 Å². The van der Waals surface area contributed by atoms with Gasteiger partial charge in [-0.15, -0.1) is 10.2 Å². The lowest BCUT2D eigenvalue weighted by atomic mass is 10.1. The van der Waals surface area contributed by atoms with Crippen LogP contribution in [0, 0.1) is 10.2 Å². The number of rotatable bonds is 0. The van der Waals surface area contributed by atoms with Crippen molar-refractivity contribution in [1.29, 1.82) is 0 Å². The molecule has 3 rings (SSSR count). The van der Waals surface area contributed by atoms with E-state index in [2.05, 4.69) is 66.3 Å². The molecule has 0 aliphatic rings. The Hall–Kier alpha value is -1.76. The number of benzene rings is 2. The number of aromatic nitrogens is 1. The molecule has 0 N–H and O–H groups in total. The van der Waals surface area contributed by atoms with Crippen molar-refractivity contribution in [1.82, 2.24) is 0 Å². The van der Waals surface area contributed by atoms with Crippen LogP contribution < -0.4 is 23.2 Å². The number of aryl methyl sites for hydroxylation is 1. The summed E-state index contributed by atoms with van der Waals surface area (Å²) in [6, 6.07) is 17.0. The Morgan fingerprint density at radius 3 is 1.95 bits per heavy atom. The van der Waals surface area contributed by atoms with Gasteiger partial charge in [0, 0.05) is 16.8 Å². The van der Waals surface area contributed by atoms with Gasteiger partial charge >= 0.3 is 0 Å². The Balaban J connectivity index is 0.000000257. The fraction of sp³-hybridized carbons (Fsp3) is 0.0714. The van der Waals surface area contributed by atoms with E-state index in [0.29, 0.717) is 0 Å². The highest BCUT2D eigenvalue weighted by molar-refractivity contribution is 6.03. The maximum atomic E-state index is 8.49. The van der Waals surface area contributed by atoms with Gasteiger partial charge in [0.2, 0.25) is 5.52 Å². The third kappa shape index (κ3) is 3.63. The predicted molar refractivity (Wildman–Crippen MR) is 62.6 cm³/mol. The normalized spacial score (nSPS) is 11.2. The van der Waals surface area contributed by atoms with Gasteiger partial charge in [-0.2, -0.15) is 0 Å². The zero-order valence-electron chi connectivity index (χ0n) is 10.7. The van der Waals surface area contributed by atoms with Crippen LogP contribution >= 0.6 is 0 Å². The molecule has 5 nitrogen and oxygen atoms in total. The number of para-hydroxylation sites is 1. The summed E-state index contributed by atoms with van der Waals surface area (Å²) in [4.78, 5) is 0. The maximum absolute atomic E-state index is 8.49. The largest absolute Gasteiger partial charge is 0.222 e. The first-order valence-electron chi connectivity index (χ1n) is 5.74. The van der Waals surface area contributed by atoms with Crippen molar-refractivity contribution >= 4 is 21.7 Å². The number of fused-ring (bicyclic) bond motifs is 3. The topological polar surface area (TPSA) is 96.1 Å². The molecule has 6 heteroatoms. The first kappa shape index (κ1) is 14.6. The second-order valence-electron chi connectivity index (χ2n) is 4.22. The van der Waals surface area contributed by atoms with Gasteiger partial charge in [-0.05, 0) is 12.1 Å². The Morgan fingerprint density at radius 2 is 1.30 bits per heavy atom. The number of hydrogen-bond donors (Lipinski definition) is 0. The van der Waals surface area contributed by atoms with Gasteiger partial charge < -0.3 is 0 Å². The monoisotopic (exact) mass is 293 g/mol. The van der Waals surface area contributed by atoms with Gasteiger partial charge in [0.1, 0.15) is 7.05 Å². The van der Waals surface area contributed by atoms with Crippen LogP contribution in [-0.4, -0.2) is 0 Å². The van der Waals surface area contributed by atoms with Gasteiger partial charge in [0.25, 0.3) is 0 Å². The molecule has 0 unspecified atom stereocenters. The fourth-order valence-electron chi connectivity index (χ4n) is 2.14. The van der Waals surface area contributed by atoms with E-state index in [4.69, 9.17) is 18.6 Å². The van der Waals surface area contributed by atoms with Gasteiger partial charge in [0.15, 0.2) is 6.20 Å². The molecular weight excluding hydrogens is 282 g/mol. The van der Waals surface area contributed by atoms with Crippen molar-refractivity contribution in [3.05, 3.63) is 54.7 Å². The zero-order chi connectivity index (χ0) is 14.8. The number of pyridine rings is 1. The first-order valence-corrected chi connectivity index (χ1v) is 6.97. The molecule has 0 fully saturated rings. The Kier molecular flexibility index (Phi) is 4.17. The molecule has 0 saturated carbocycles. The molecule has 0 bridgehead atoms. The number of halogens is 1. The summed E-state index contributed by atoms with van der Waals surface area (Å²) in [5.41, 5.74) is 1.27. The van der Waals surface area contributed by atoms with Crippen LogP contribution in [0.25, 0.3) is 21.7 Å². The van der Waals surface area contributed by atoms with Crippen LogP contribution in [0.3, 0.4) is 0 Å². The van der Waals surface area contributed by atoms with Crippen molar-refractivity contribution in [2.75, 3.05) is 0 Å². The van der Waals surface area contributed by atoms with Crippen molar-refractivity contribution in [3.8, 4) is 0 Å². The SMILES string of the molecule is C[n+]1cc2ccccc2c2ccccc21.[O-][Cl+3]([O-])([O-])[O-]. The summed E-state index contributed by atoms with van der Waals surface area (Å²) in [7, 11) is -2.85. The number of nitrogens with zero attached hydrogens (tertiary/aromatic N) is 1. The second kappa shape index (κ2) is 5.70. The standard InChI is InChI=1S/C14H12N.ClHO4/c1-15-10-11-6-2-3-7-12(11)13-8-4-5-9-14(13)15;2-1(3,4)5/h2-10H,1H3;(H,2,3,4,5)/q+1;/p-1. The summed E-state index contributed by atoms with van der Waals surface area (Å²) in [6.07, 6.45) is 2.18. The summed E-state index contributed by atoms with van der Waals surface area (Å²) in [5, 5.41) is 3.93. The predicted octanol–water partition coefficient (Wildman–Crippen LogP) is -1.94. The van der Waals surface area contributed by atoms with Gasteiger partial charge in [-0.3, -0.25) is 0 Å². The molecule has 0 amide bonds. The molecule has 2 aromatic carbocycles. The van der Waals surface area contributed by atoms with Crippen LogP contribution in [0.2, 0.25) is 0 Å². The van der Waals surface area contributed by atoms with E-state index < -0.39 is 10.2 Å². The van der Waals surface area contributed by atoms with Crippen molar-refractivity contribution < 1.29 is 33.4 Å². The highest BCUT2D eigenvalue weighted by Gasteiger charge is 2.07. The summed E-state index contributed by atoms with van der Waals surface area (Å²) in [5.74, 6) is 0. The quantitative estimate of drug-likeness (QED) is 0.356. The van der Waals surface area contributed by atoms with Gasteiger partial charge in [0.05, 0.1) is 5.39 Å². The van der Waals surface area contributed by atoms with E-state index in [9.17, 15) is 0 Å². The molecule has 104 valence electrons. The minimum atomic E-state index is -4.94. The van der Waals surface area contributed by atoms with Crippen molar-refractivity contribution in [2.24, 2.45) is 7.05 Å².